The molecule has 17 heavy (non-hydrogen) atoms. The van der Waals surface area contributed by atoms with Gasteiger partial charge in [-0.15, -0.1) is 11.3 Å². The zero-order valence-corrected chi connectivity index (χ0v) is 10.1. The molecule has 3 heteroatoms. The largest absolute Gasteiger partial charge is 0.493 e. The van der Waals surface area contributed by atoms with Crippen LogP contribution < -0.4 is 4.74 Å². The molecule has 0 fully saturated rings. The summed E-state index contributed by atoms with van der Waals surface area (Å²) in [7, 11) is 0. The van der Waals surface area contributed by atoms with E-state index < -0.39 is 0 Å². The Morgan fingerprint density at radius 1 is 1.35 bits per heavy atom. The van der Waals surface area contributed by atoms with E-state index in [2.05, 4.69) is 0 Å². The second kappa shape index (κ2) is 4.34. The van der Waals surface area contributed by atoms with E-state index in [1.54, 1.807) is 11.3 Å². The van der Waals surface area contributed by atoms with Crippen LogP contribution in [0.5, 0.6) is 5.75 Å². The van der Waals surface area contributed by atoms with Crippen molar-refractivity contribution in [1.82, 2.24) is 0 Å². The Labute approximate surface area is 104 Å². The Morgan fingerprint density at radius 3 is 3.12 bits per heavy atom. The first-order valence-corrected chi connectivity index (χ1v) is 6.52. The SMILES string of the molecule is O=C(Cc1cccs1)c1ccc2c(c1)CCO2. The third-order valence-electron chi connectivity index (χ3n) is 2.93. The van der Waals surface area contributed by atoms with E-state index in [0.29, 0.717) is 6.42 Å². The predicted molar refractivity (Wildman–Crippen MR) is 68.0 cm³/mol. The van der Waals surface area contributed by atoms with Crippen LogP contribution in [0.4, 0.5) is 0 Å². The number of carbonyl (C=O) groups excluding carboxylic acids is 1. The number of ketones is 1. The van der Waals surface area contributed by atoms with Crippen molar-refractivity contribution in [2.75, 3.05) is 6.61 Å². The Hall–Kier alpha value is -1.61. The lowest BCUT2D eigenvalue weighted by atomic mass is 10.0. The van der Waals surface area contributed by atoms with E-state index in [1.807, 2.05) is 35.7 Å². The highest BCUT2D eigenvalue weighted by Crippen LogP contribution is 2.26. The molecule has 1 aromatic carbocycles. The molecule has 0 bridgehead atoms. The topological polar surface area (TPSA) is 26.3 Å². The zero-order valence-electron chi connectivity index (χ0n) is 9.31. The van der Waals surface area contributed by atoms with Gasteiger partial charge in [-0.25, -0.2) is 0 Å². The molecule has 2 heterocycles. The minimum atomic E-state index is 0.183. The predicted octanol–water partition coefficient (Wildman–Crippen LogP) is 3.11. The van der Waals surface area contributed by atoms with Crippen molar-refractivity contribution >= 4 is 17.1 Å². The van der Waals surface area contributed by atoms with Crippen molar-refractivity contribution in [3.05, 3.63) is 51.7 Å². The summed E-state index contributed by atoms with van der Waals surface area (Å²) in [5.74, 6) is 1.11. The molecule has 0 amide bonds. The van der Waals surface area contributed by atoms with Crippen LogP contribution in [0.25, 0.3) is 0 Å². The summed E-state index contributed by atoms with van der Waals surface area (Å²) in [5.41, 5.74) is 1.95. The van der Waals surface area contributed by atoms with E-state index in [4.69, 9.17) is 4.74 Å². The van der Waals surface area contributed by atoms with Gasteiger partial charge in [0, 0.05) is 23.3 Å². The summed E-state index contributed by atoms with van der Waals surface area (Å²) >= 11 is 1.63. The quantitative estimate of drug-likeness (QED) is 0.775. The second-order valence-electron chi connectivity index (χ2n) is 4.10. The van der Waals surface area contributed by atoms with Crippen LogP contribution in [0.3, 0.4) is 0 Å². The average Bonchev–Trinajstić information content (AvgIpc) is 2.97. The maximum Gasteiger partial charge on any atom is 0.168 e. The number of ether oxygens (including phenoxy) is 1. The van der Waals surface area contributed by atoms with Crippen LogP contribution >= 0.6 is 11.3 Å². The van der Waals surface area contributed by atoms with Crippen LogP contribution in [-0.2, 0) is 12.8 Å². The maximum absolute atomic E-state index is 12.1. The molecular weight excluding hydrogens is 232 g/mol. The van der Waals surface area contributed by atoms with Gasteiger partial charge in [-0.2, -0.15) is 0 Å². The minimum absolute atomic E-state index is 0.183. The van der Waals surface area contributed by atoms with E-state index in [-0.39, 0.29) is 5.78 Å². The van der Waals surface area contributed by atoms with Gasteiger partial charge in [0.1, 0.15) is 5.75 Å². The molecule has 0 aliphatic carbocycles. The molecule has 3 rings (SSSR count). The van der Waals surface area contributed by atoms with E-state index in [9.17, 15) is 4.79 Å². The molecule has 0 radical (unpaired) electrons. The molecule has 2 aromatic rings. The van der Waals surface area contributed by atoms with Crippen LogP contribution in [0, 0.1) is 0 Å². The van der Waals surface area contributed by atoms with Gasteiger partial charge < -0.3 is 4.74 Å². The van der Waals surface area contributed by atoms with Gasteiger partial charge in [-0.05, 0) is 35.2 Å². The molecule has 1 aliphatic heterocycles. The number of hydrogen-bond donors (Lipinski definition) is 0. The number of fused-ring (bicyclic) bond motifs is 1. The maximum atomic E-state index is 12.1. The van der Waals surface area contributed by atoms with E-state index >= 15 is 0 Å². The molecule has 1 aliphatic rings. The average molecular weight is 244 g/mol. The molecule has 0 saturated carbocycles. The Balaban J connectivity index is 1.82. The number of hydrogen-bond acceptors (Lipinski definition) is 3. The van der Waals surface area contributed by atoms with Crippen LogP contribution in [0.1, 0.15) is 20.8 Å². The van der Waals surface area contributed by atoms with Crippen LogP contribution in [0.15, 0.2) is 35.7 Å². The lowest BCUT2D eigenvalue weighted by molar-refractivity contribution is 0.0994. The Morgan fingerprint density at radius 2 is 2.29 bits per heavy atom. The number of thiophene rings is 1. The van der Waals surface area contributed by atoms with Crippen LogP contribution in [0.2, 0.25) is 0 Å². The standard InChI is InChI=1S/C14H12O2S/c15-13(9-12-2-1-7-17-12)10-3-4-14-11(8-10)5-6-16-14/h1-4,7-8H,5-6,9H2. The lowest BCUT2D eigenvalue weighted by Crippen LogP contribution is -2.02. The summed E-state index contributed by atoms with van der Waals surface area (Å²) < 4.78 is 5.43. The number of benzene rings is 1. The number of carbonyl (C=O) groups is 1. The molecule has 0 spiro atoms. The van der Waals surface area contributed by atoms with Gasteiger partial charge in [0.25, 0.3) is 0 Å². The molecule has 86 valence electrons. The molecule has 0 N–H and O–H groups in total. The normalized spacial score (nSPS) is 13.2. The van der Waals surface area contributed by atoms with Crippen molar-refractivity contribution < 1.29 is 9.53 Å². The monoisotopic (exact) mass is 244 g/mol. The molecule has 2 nitrogen and oxygen atoms in total. The van der Waals surface area contributed by atoms with Gasteiger partial charge in [-0.3, -0.25) is 4.79 Å². The summed E-state index contributed by atoms with van der Waals surface area (Å²) in [6.45, 7) is 0.734. The number of rotatable bonds is 3. The number of Topliss-reactive ketones (excluding diaryl/α,β-unsaturated/α-hetero) is 1. The third-order valence-corrected chi connectivity index (χ3v) is 3.80. The fourth-order valence-corrected chi connectivity index (χ4v) is 2.74. The fourth-order valence-electron chi connectivity index (χ4n) is 2.03. The third kappa shape index (κ3) is 2.11. The lowest BCUT2D eigenvalue weighted by Gasteiger charge is -2.02. The first kappa shape index (κ1) is 10.5. The Bertz CT molecular complexity index is 543. The molecule has 0 unspecified atom stereocenters. The van der Waals surface area contributed by atoms with Gasteiger partial charge >= 0.3 is 0 Å². The highest BCUT2D eigenvalue weighted by molar-refractivity contribution is 7.10. The van der Waals surface area contributed by atoms with Gasteiger partial charge in [0.2, 0.25) is 0 Å². The molecule has 0 saturated heterocycles. The fraction of sp³-hybridized carbons (Fsp3) is 0.214. The minimum Gasteiger partial charge on any atom is -0.493 e. The van der Waals surface area contributed by atoms with Crippen molar-refractivity contribution in [3.63, 3.8) is 0 Å². The van der Waals surface area contributed by atoms with Gasteiger partial charge in [-0.1, -0.05) is 6.07 Å². The summed E-state index contributed by atoms with van der Waals surface area (Å²) in [6.07, 6.45) is 1.41. The first-order valence-electron chi connectivity index (χ1n) is 5.64. The van der Waals surface area contributed by atoms with Crippen LogP contribution in [-0.4, -0.2) is 12.4 Å². The van der Waals surface area contributed by atoms with E-state index in [1.165, 1.54) is 0 Å². The Kier molecular flexibility index (Phi) is 2.69. The van der Waals surface area contributed by atoms with Crippen molar-refractivity contribution in [2.24, 2.45) is 0 Å². The summed E-state index contributed by atoms with van der Waals surface area (Å²) in [6, 6.07) is 9.71. The first-order chi connectivity index (χ1) is 8.33. The zero-order chi connectivity index (χ0) is 11.7. The highest BCUT2D eigenvalue weighted by atomic mass is 32.1. The highest BCUT2D eigenvalue weighted by Gasteiger charge is 2.15. The van der Waals surface area contributed by atoms with Crippen molar-refractivity contribution in [1.29, 1.82) is 0 Å². The molecule has 0 atom stereocenters. The van der Waals surface area contributed by atoms with Gasteiger partial charge in [0.05, 0.1) is 6.61 Å². The molecular formula is C14H12O2S. The second-order valence-corrected chi connectivity index (χ2v) is 5.13. The smallest absolute Gasteiger partial charge is 0.168 e. The van der Waals surface area contributed by atoms with Gasteiger partial charge in [0.15, 0.2) is 5.78 Å². The van der Waals surface area contributed by atoms with Crippen molar-refractivity contribution in [2.45, 2.75) is 12.8 Å². The van der Waals surface area contributed by atoms with Crippen molar-refractivity contribution in [3.8, 4) is 5.75 Å². The summed E-state index contributed by atoms with van der Waals surface area (Å²) in [4.78, 5) is 13.2. The van der Waals surface area contributed by atoms with E-state index in [0.717, 1.165) is 34.8 Å². The molecule has 1 aromatic heterocycles. The summed E-state index contributed by atoms with van der Waals surface area (Å²) in [5, 5.41) is 2.00.